The maximum absolute atomic E-state index is 2.65. The Balaban J connectivity index is 5.34. The van der Waals surface area contributed by atoms with E-state index < -0.39 is 0 Å². The molecule has 0 aliphatic carbocycles. The summed E-state index contributed by atoms with van der Waals surface area (Å²) in [5.74, 6) is 0. The van der Waals surface area contributed by atoms with Crippen LogP contribution in [0, 0.1) is 6.29 Å². The summed E-state index contributed by atoms with van der Waals surface area (Å²) >= 11 is 0. The molecule has 0 heterocycles. The highest BCUT2D eigenvalue weighted by molar-refractivity contribution is 4.90. The van der Waals surface area contributed by atoms with Gasteiger partial charge in [0, 0.05) is 39.3 Å². The smallest absolute Gasteiger partial charge is 0.179 e. The lowest BCUT2D eigenvalue weighted by atomic mass is 10.2. The third-order valence-corrected chi connectivity index (χ3v) is 3.81. The van der Waals surface area contributed by atoms with Gasteiger partial charge in [0.15, 0.2) is 6.29 Å². The highest BCUT2D eigenvalue weighted by Gasteiger charge is 2.30. The van der Waals surface area contributed by atoms with Gasteiger partial charge in [0.05, 0.1) is 0 Å². The zero-order valence-corrected chi connectivity index (χ0v) is 16.3. The van der Waals surface area contributed by atoms with Crippen molar-refractivity contribution in [3.8, 4) is 0 Å². The van der Waals surface area contributed by atoms with Crippen molar-refractivity contribution >= 4 is 0 Å². The Morgan fingerprint density at radius 3 is 0.727 bits per heavy atom. The summed E-state index contributed by atoms with van der Waals surface area (Å²) in [7, 11) is 0. The van der Waals surface area contributed by atoms with Crippen molar-refractivity contribution in [2.75, 3.05) is 39.3 Å². The lowest BCUT2D eigenvalue weighted by Gasteiger charge is -2.44. The minimum Gasteiger partial charge on any atom is -0.269 e. The average molecular weight is 313 g/mol. The number of rotatable bonds is 15. The maximum Gasteiger partial charge on any atom is 0.179 e. The highest BCUT2D eigenvalue weighted by Crippen LogP contribution is 2.22. The molecule has 0 N–H and O–H groups in total. The molecular formula is C19H42N3. The van der Waals surface area contributed by atoms with Crippen LogP contribution in [-0.2, 0) is 0 Å². The van der Waals surface area contributed by atoms with Gasteiger partial charge in [-0.25, -0.2) is 0 Å². The highest BCUT2D eigenvalue weighted by atomic mass is 15.5. The van der Waals surface area contributed by atoms with Crippen LogP contribution in [0.25, 0.3) is 0 Å². The number of hydrogen-bond acceptors (Lipinski definition) is 3. The first-order chi connectivity index (χ1) is 10.7. The van der Waals surface area contributed by atoms with Gasteiger partial charge in [-0.2, -0.15) is 0 Å². The molecule has 0 saturated carbocycles. The van der Waals surface area contributed by atoms with E-state index in [0.29, 0.717) is 0 Å². The van der Waals surface area contributed by atoms with E-state index in [4.69, 9.17) is 0 Å². The Morgan fingerprint density at radius 1 is 0.409 bits per heavy atom. The van der Waals surface area contributed by atoms with Gasteiger partial charge in [-0.1, -0.05) is 41.5 Å². The van der Waals surface area contributed by atoms with Crippen molar-refractivity contribution < 1.29 is 0 Å². The first-order valence-electron chi connectivity index (χ1n) is 9.81. The molecule has 0 aromatic carbocycles. The molecular weight excluding hydrogens is 270 g/mol. The summed E-state index contributed by atoms with van der Waals surface area (Å²) in [4.78, 5) is 7.95. The van der Waals surface area contributed by atoms with Crippen LogP contribution in [0.15, 0.2) is 0 Å². The fourth-order valence-electron chi connectivity index (χ4n) is 3.15. The van der Waals surface area contributed by atoms with Gasteiger partial charge in [0.2, 0.25) is 0 Å². The van der Waals surface area contributed by atoms with Crippen molar-refractivity contribution in [2.24, 2.45) is 0 Å². The molecule has 0 aliphatic heterocycles. The zero-order valence-electron chi connectivity index (χ0n) is 16.3. The van der Waals surface area contributed by atoms with Gasteiger partial charge in [0.25, 0.3) is 0 Å². The number of nitrogens with zero attached hydrogens (tertiary/aromatic N) is 3. The van der Waals surface area contributed by atoms with Crippen LogP contribution in [-0.4, -0.2) is 54.0 Å². The van der Waals surface area contributed by atoms with Crippen molar-refractivity contribution in [1.82, 2.24) is 14.7 Å². The molecule has 0 spiro atoms. The SMILES string of the molecule is CCCN(CCC)[C](N(CCC)CCC)N(CCC)CCC. The van der Waals surface area contributed by atoms with E-state index in [1.54, 1.807) is 0 Å². The second-order valence-corrected chi connectivity index (χ2v) is 6.26. The molecule has 3 heteroatoms. The van der Waals surface area contributed by atoms with E-state index in [2.05, 4.69) is 56.2 Å². The second kappa shape index (κ2) is 14.5. The van der Waals surface area contributed by atoms with Gasteiger partial charge < -0.3 is 0 Å². The molecule has 0 unspecified atom stereocenters. The molecule has 0 aromatic heterocycles. The van der Waals surface area contributed by atoms with Crippen molar-refractivity contribution in [3.63, 3.8) is 0 Å². The minimum absolute atomic E-state index is 1.18. The molecule has 0 amide bonds. The van der Waals surface area contributed by atoms with Gasteiger partial charge in [-0.3, -0.25) is 14.7 Å². The summed E-state index contributed by atoms with van der Waals surface area (Å²) in [5.41, 5.74) is 0. The standard InChI is InChI=1S/C19H42N3/c1-7-13-20(14-8-2)19(21(15-9-3)16-10-4)22(17-11-5)18-12-6/h7-18H2,1-6H3. The monoisotopic (exact) mass is 312 g/mol. The van der Waals surface area contributed by atoms with Crippen LogP contribution in [0.2, 0.25) is 0 Å². The van der Waals surface area contributed by atoms with E-state index in [1.807, 2.05) is 0 Å². The molecule has 0 saturated heterocycles. The Morgan fingerprint density at radius 2 is 0.591 bits per heavy atom. The molecule has 0 aromatic rings. The lowest BCUT2D eigenvalue weighted by Crippen LogP contribution is -2.53. The van der Waals surface area contributed by atoms with Gasteiger partial charge in [-0.05, 0) is 38.5 Å². The fourth-order valence-corrected chi connectivity index (χ4v) is 3.15. The van der Waals surface area contributed by atoms with E-state index in [9.17, 15) is 0 Å². The van der Waals surface area contributed by atoms with Gasteiger partial charge in [-0.15, -0.1) is 0 Å². The van der Waals surface area contributed by atoms with Crippen molar-refractivity contribution in [3.05, 3.63) is 6.29 Å². The Bertz CT molecular complexity index is 177. The van der Waals surface area contributed by atoms with E-state index in [-0.39, 0.29) is 0 Å². The molecule has 0 fully saturated rings. The van der Waals surface area contributed by atoms with Crippen LogP contribution in [0.1, 0.15) is 80.1 Å². The summed E-state index contributed by atoms with van der Waals surface area (Å²) in [6, 6.07) is 0. The minimum atomic E-state index is 1.18. The van der Waals surface area contributed by atoms with E-state index in [0.717, 1.165) is 0 Å². The first-order valence-corrected chi connectivity index (χ1v) is 9.81. The number of hydrogen-bond donors (Lipinski definition) is 0. The Hall–Kier alpha value is -0.120. The summed E-state index contributed by atoms with van der Waals surface area (Å²) in [6.45, 7) is 20.9. The molecule has 0 atom stereocenters. The van der Waals surface area contributed by atoms with Gasteiger partial charge >= 0.3 is 0 Å². The summed E-state index contributed by atoms with van der Waals surface area (Å²) in [5, 5.41) is 0. The van der Waals surface area contributed by atoms with Crippen LogP contribution in [0.3, 0.4) is 0 Å². The maximum atomic E-state index is 2.65. The largest absolute Gasteiger partial charge is 0.269 e. The molecule has 0 aliphatic rings. The van der Waals surface area contributed by atoms with Crippen LogP contribution in [0.4, 0.5) is 0 Å². The van der Waals surface area contributed by atoms with Crippen LogP contribution >= 0.6 is 0 Å². The average Bonchev–Trinajstić information content (AvgIpc) is 2.49. The predicted molar refractivity (Wildman–Crippen MR) is 99.7 cm³/mol. The topological polar surface area (TPSA) is 9.72 Å². The Kier molecular flexibility index (Phi) is 14.4. The zero-order chi connectivity index (χ0) is 16.8. The third-order valence-electron chi connectivity index (χ3n) is 3.81. The van der Waals surface area contributed by atoms with E-state index in [1.165, 1.54) is 84.1 Å². The molecule has 0 bridgehead atoms. The van der Waals surface area contributed by atoms with Crippen molar-refractivity contribution in [1.29, 1.82) is 0 Å². The van der Waals surface area contributed by atoms with Crippen LogP contribution < -0.4 is 0 Å². The third kappa shape index (κ3) is 7.94. The molecule has 22 heavy (non-hydrogen) atoms. The predicted octanol–water partition coefficient (Wildman–Crippen LogP) is 4.80. The van der Waals surface area contributed by atoms with Crippen LogP contribution in [0.5, 0.6) is 0 Å². The molecule has 1 radical (unpaired) electrons. The lowest BCUT2D eigenvalue weighted by molar-refractivity contribution is 0.0214. The molecule has 133 valence electrons. The first kappa shape index (κ1) is 21.9. The quantitative estimate of drug-likeness (QED) is 0.430. The molecule has 3 nitrogen and oxygen atoms in total. The molecule has 0 rings (SSSR count). The van der Waals surface area contributed by atoms with Gasteiger partial charge in [0.1, 0.15) is 0 Å². The van der Waals surface area contributed by atoms with Crippen molar-refractivity contribution in [2.45, 2.75) is 80.1 Å². The second-order valence-electron chi connectivity index (χ2n) is 6.26. The summed E-state index contributed by atoms with van der Waals surface area (Å²) < 4.78 is 0. The fraction of sp³-hybridized carbons (Fsp3) is 0.947. The van der Waals surface area contributed by atoms with E-state index >= 15 is 0 Å². The Labute approximate surface area is 141 Å². The normalized spacial score (nSPS) is 12.3. The summed E-state index contributed by atoms with van der Waals surface area (Å²) in [6.07, 6.45) is 8.85.